The molecule has 0 heterocycles. The van der Waals surface area contributed by atoms with Gasteiger partial charge in [-0.15, -0.1) is 0 Å². The van der Waals surface area contributed by atoms with Gasteiger partial charge in [-0.1, -0.05) is 43.1 Å². The zero-order valence-electron chi connectivity index (χ0n) is 24.0. The predicted molar refractivity (Wildman–Crippen MR) is 160 cm³/mol. The number of hydrogen-bond donors (Lipinski definition) is 1. The molecule has 0 fully saturated rings. The third-order valence-electron chi connectivity index (χ3n) is 6.63. The average Bonchev–Trinajstić information content (AvgIpc) is 2.99. The van der Waals surface area contributed by atoms with Gasteiger partial charge in [-0.3, -0.25) is 13.9 Å². The van der Waals surface area contributed by atoms with E-state index in [9.17, 15) is 22.4 Å². The summed E-state index contributed by atoms with van der Waals surface area (Å²) in [4.78, 5) is 28.0. The van der Waals surface area contributed by atoms with Crippen molar-refractivity contribution in [1.29, 1.82) is 0 Å². The van der Waals surface area contributed by atoms with Crippen LogP contribution in [0.25, 0.3) is 0 Å². The van der Waals surface area contributed by atoms with Crippen molar-refractivity contribution < 1.29 is 31.9 Å². The molecule has 0 unspecified atom stereocenters. The molecule has 2 amide bonds. The maximum atomic E-state index is 14.7. The second-order valence-corrected chi connectivity index (χ2v) is 11.7. The van der Waals surface area contributed by atoms with Crippen molar-refractivity contribution in [1.82, 2.24) is 10.2 Å². The van der Waals surface area contributed by atoms with Crippen LogP contribution in [0.4, 0.5) is 10.1 Å². The fourth-order valence-electron chi connectivity index (χ4n) is 4.17. The van der Waals surface area contributed by atoms with E-state index in [0.29, 0.717) is 17.3 Å². The molecule has 3 aromatic carbocycles. The van der Waals surface area contributed by atoms with Crippen LogP contribution in [0.15, 0.2) is 71.6 Å². The maximum Gasteiger partial charge on any atom is 0.264 e. The minimum Gasteiger partial charge on any atom is -0.493 e. The molecule has 0 aliphatic carbocycles. The summed E-state index contributed by atoms with van der Waals surface area (Å²) in [5.41, 5.74) is 0.341. The van der Waals surface area contributed by atoms with Crippen LogP contribution < -0.4 is 19.1 Å². The molecule has 0 aliphatic heterocycles. The second kappa shape index (κ2) is 14.9. The third kappa shape index (κ3) is 7.92. The third-order valence-corrected chi connectivity index (χ3v) is 8.65. The number of ether oxygens (including phenoxy) is 2. The smallest absolute Gasteiger partial charge is 0.264 e. The molecule has 1 N–H and O–H groups in total. The monoisotopic (exact) mass is 619 g/mol. The Kier molecular flexibility index (Phi) is 11.6. The first-order valence-corrected chi connectivity index (χ1v) is 15.2. The van der Waals surface area contributed by atoms with Crippen molar-refractivity contribution in [2.24, 2.45) is 0 Å². The Bertz CT molecular complexity index is 1490. The van der Waals surface area contributed by atoms with E-state index in [1.165, 1.54) is 86.7 Å². The van der Waals surface area contributed by atoms with E-state index in [1.807, 2.05) is 6.92 Å². The average molecular weight is 620 g/mol. The van der Waals surface area contributed by atoms with Gasteiger partial charge in [0.05, 0.1) is 24.8 Å². The normalized spacial score (nSPS) is 11.9. The number of nitrogens with zero attached hydrogens (tertiary/aromatic N) is 2. The number of anilines is 1. The van der Waals surface area contributed by atoms with Gasteiger partial charge in [-0.05, 0) is 55.8 Å². The highest BCUT2D eigenvalue weighted by Gasteiger charge is 2.33. The molecular weight excluding hydrogens is 585 g/mol. The highest BCUT2D eigenvalue weighted by atomic mass is 35.5. The van der Waals surface area contributed by atoms with E-state index in [1.54, 1.807) is 6.07 Å². The number of nitrogens with one attached hydrogen (secondary N) is 1. The van der Waals surface area contributed by atoms with Gasteiger partial charge in [0.2, 0.25) is 11.8 Å². The molecule has 9 nitrogen and oxygen atoms in total. The van der Waals surface area contributed by atoms with Crippen LogP contribution in [0.5, 0.6) is 11.5 Å². The lowest BCUT2D eigenvalue weighted by atomic mass is 10.1. The molecule has 0 saturated heterocycles. The van der Waals surface area contributed by atoms with Gasteiger partial charge in [0, 0.05) is 29.7 Å². The number of halogens is 2. The van der Waals surface area contributed by atoms with Crippen molar-refractivity contribution in [3.05, 3.63) is 83.1 Å². The zero-order chi connectivity index (χ0) is 30.9. The van der Waals surface area contributed by atoms with Crippen LogP contribution in [-0.2, 0) is 26.2 Å². The summed E-state index contributed by atoms with van der Waals surface area (Å²) >= 11 is 6.06. The summed E-state index contributed by atoms with van der Waals surface area (Å²) in [6.07, 6.45) is 1.60. The molecule has 12 heteroatoms. The fraction of sp³-hybridized carbons (Fsp3) is 0.333. The van der Waals surface area contributed by atoms with E-state index < -0.39 is 40.2 Å². The van der Waals surface area contributed by atoms with Gasteiger partial charge in [0.1, 0.15) is 18.4 Å². The lowest BCUT2D eigenvalue weighted by molar-refractivity contribution is -0.139. The summed E-state index contributed by atoms with van der Waals surface area (Å²) in [6, 6.07) is 14.9. The molecule has 3 rings (SSSR count). The highest BCUT2D eigenvalue weighted by molar-refractivity contribution is 7.92. The largest absolute Gasteiger partial charge is 0.493 e. The van der Waals surface area contributed by atoms with Gasteiger partial charge in [0.15, 0.2) is 11.5 Å². The molecular formula is C30H35ClFN3O6S. The van der Waals surface area contributed by atoms with Crippen LogP contribution in [-0.4, -0.2) is 58.5 Å². The number of methoxy groups -OCH3 is 2. The molecule has 0 saturated carbocycles. The molecule has 42 heavy (non-hydrogen) atoms. The molecule has 1 atom stereocenters. The van der Waals surface area contributed by atoms with E-state index >= 15 is 0 Å². The first kappa shape index (κ1) is 32.7. The number of unbranched alkanes of at least 4 members (excludes halogenated alkanes) is 1. The van der Waals surface area contributed by atoms with Crippen molar-refractivity contribution >= 4 is 39.1 Å². The predicted octanol–water partition coefficient (Wildman–Crippen LogP) is 5.03. The van der Waals surface area contributed by atoms with E-state index in [4.69, 9.17) is 21.1 Å². The number of carbonyl (C=O) groups excluding carboxylic acids is 2. The van der Waals surface area contributed by atoms with Crippen molar-refractivity contribution in [2.45, 2.75) is 44.2 Å². The summed E-state index contributed by atoms with van der Waals surface area (Å²) in [5.74, 6) is -1.20. The molecule has 226 valence electrons. The first-order chi connectivity index (χ1) is 20.0. The van der Waals surface area contributed by atoms with Crippen molar-refractivity contribution in [2.75, 3.05) is 31.6 Å². The van der Waals surface area contributed by atoms with Crippen LogP contribution in [0.2, 0.25) is 5.02 Å². The number of benzene rings is 3. The van der Waals surface area contributed by atoms with Gasteiger partial charge >= 0.3 is 0 Å². The Balaban J connectivity index is 2.05. The van der Waals surface area contributed by atoms with Crippen LogP contribution in [0.1, 0.15) is 32.3 Å². The minimum absolute atomic E-state index is 0.158. The minimum atomic E-state index is -4.37. The van der Waals surface area contributed by atoms with E-state index in [0.717, 1.165) is 17.1 Å². The zero-order valence-corrected chi connectivity index (χ0v) is 25.5. The van der Waals surface area contributed by atoms with E-state index in [-0.39, 0.29) is 28.4 Å². The summed E-state index contributed by atoms with van der Waals surface area (Å²) in [5, 5.41) is 3.16. The molecule has 0 aliphatic rings. The topological polar surface area (TPSA) is 105 Å². The van der Waals surface area contributed by atoms with Crippen molar-refractivity contribution in [3.63, 3.8) is 0 Å². The molecule has 0 aromatic heterocycles. The number of hydrogen-bond acceptors (Lipinski definition) is 6. The fourth-order valence-corrected chi connectivity index (χ4v) is 5.73. The van der Waals surface area contributed by atoms with Gasteiger partial charge in [-0.25, -0.2) is 12.8 Å². The van der Waals surface area contributed by atoms with Gasteiger partial charge in [0.25, 0.3) is 10.0 Å². The Morgan fingerprint density at radius 2 is 1.67 bits per heavy atom. The molecule has 3 aromatic rings. The summed E-state index contributed by atoms with van der Waals surface area (Å²) < 4.78 is 54.1. The van der Waals surface area contributed by atoms with Crippen LogP contribution >= 0.6 is 11.6 Å². The molecule has 0 spiro atoms. The second-order valence-electron chi connectivity index (χ2n) is 9.44. The lowest BCUT2D eigenvalue weighted by Gasteiger charge is -2.32. The summed E-state index contributed by atoms with van der Waals surface area (Å²) in [6.45, 7) is 2.98. The van der Waals surface area contributed by atoms with Crippen LogP contribution in [0, 0.1) is 5.82 Å². The lowest BCUT2D eigenvalue weighted by Crippen LogP contribution is -2.51. The van der Waals surface area contributed by atoms with Crippen molar-refractivity contribution in [3.8, 4) is 11.5 Å². The van der Waals surface area contributed by atoms with Crippen LogP contribution in [0.3, 0.4) is 0 Å². The Hall–Kier alpha value is -3.83. The number of amides is 2. The summed E-state index contributed by atoms with van der Waals surface area (Å²) in [7, 11) is -1.56. The molecule has 0 bridgehead atoms. The maximum absolute atomic E-state index is 14.7. The van der Waals surface area contributed by atoms with E-state index in [2.05, 4.69) is 5.32 Å². The highest BCUT2D eigenvalue weighted by Crippen LogP contribution is 2.32. The SMILES string of the molecule is CCCCNC(=O)[C@@H](C)N(Cc1ccccc1F)C(=O)CN(c1ccc(Cl)cc1)S(=O)(=O)c1ccc(OC)c(OC)c1. The standard InChI is InChI=1S/C30H35ClFN3O6S/c1-5-6-17-33-30(37)21(2)34(19-22-9-7-8-10-26(22)32)29(36)20-35(24-13-11-23(31)12-14-24)42(38,39)25-15-16-27(40-3)28(18-25)41-4/h7-16,18,21H,5-6,17,19-20H2,1-4H3,(H,33,37)/t21-/m1/s1. The quantitative estimate of drug-likeness (QED) is 0.254. The number of carbonyl (C=O) groups is 2. The Labute approximate surface area is 251 Å². The van der Waals surface area contributed by atoms with Gasteiger partial charge in [-0.2, -0.15) is 0 Å². The Morgan fingerprint density at radius 3 is 2.29 bits per heavy atom. The first-order valence-electron chi connectivity index (χ1n) is 13.3. The Morgan fingerprint density at radius 1 is 1.00 bits per heavy atom. The van der Waals surface area contributed by atoms with Gasteiger partial charge < -0.3 is 19.7 Å². The number of sulfonamides is 1. The molecule has 0 radical (unpaired) electrons. The number of rotatable bonds is 14.